The molecule has 1 amide bonds. The van der Waals surface area contributed by atoms with E-state index in [1.807, 2.05) is 0 Å². The Hall–Kier alpha value is -2.50. The van der Waals surface area contributed by atoms with Crippen LogP contribution < -0.4 is 4.74 Å². The second-order valence-electron chi connectivity index (χ2n) is 6.19. The number of halogens is 3. The molecule has 0 radical (unpaired) electrons. The molecule has 3 rings (SSSR count). The van der Waals surface area contributed by atoms with Gasteiger partial charge in [0.15, 0.2) is 0 Å². The summed E-state index contributed by atoms with van der Waals surface area (Å²) in [5, 5.41) is 0. The van der Waals surface area contributed by atoms with Crippen molar-refractivity contribution in [3.05, 3.63) is 65.5 Å². The molecule has 1 fully saturated rings. The molecule has 0 bridgehead atoms. The Morgan fingerprint density at radius 1 is 1.20 bits per heavy atom. The van der Waals surface area contributed by atoms with Crippen molar-refractivity contribution >= 4 is 5.91 Å². The van der Waals surface area contributed by atoms with Gasteiger partial charge in [0, 0.05) is 19.5 Å². The highest BCUT2D eigenvalue weighted by molar-refractivity contribution is 5.82. The van der Waals surface area contributed by atoms with Crippen LogP contribution in [-0.2, 0) is 11.3 Å². The topological polar surface area (TPSA) is 29.5 Å². The highest BCUT2D eigenvalue weighted by atomic mass is 19.3. The zero-order chi connectivity index (χ0) is 18.0. The zero-order valence-electron chi connectivity index (χ0n) is 13.7. The third-order valence-electron chi connectivity index (χ3n) is 4.36. The van der Waals surface area contributed by atoms with Crippen molar-refractivity contribution in [1.82, 2.24) is 4.90 Å². The quantitative estimate of drug-likeness (QED) is 0.783. The van der Waals surface area contributed by atoms with Gasteiger partial charge in [0.2, 0.25) is 5.91 Å². The van der Waals surface area contributed by atoms with Gasteiger partial charge in [-0.05, 0) is 41.7 Å². The normalized spacial score (nSPS) is 18.9. The van der Waals surface area contributed by atoms with Crippen LogP contribution in [0.3, 0.4) is 0 Å². The van der Waals surface area contributed by atoms with Crippen molar-refractivity contribution in [3.8, 4) is 5.75 Å². The number of benzene rings is 2. The SMILES string of the molecule is CN(Cc1ccc(OC(F)F)cc1)C(=O)C1CC1c1ccccc1F. The Morgan fingerprint density at radius 3 is 2.52 bits per heavy atom. The van der Waals surface area contributed by atoms with Crippen LogP contribution in [0.15, 0.2) is 48.5 Å². The molecule has 2 aromatic carbocycles. The van der Waals surface area contributed by atoms with Crippen molar-refractivity contribution in [2.24, 2.45) is 5.92 Å². The van der Waals surface area contributed by atoms with Gasteiger partial charge in [-0.3, -0.25) is 4.79 Å². The molecule has 0 aromatic heterocycles. The minimum Gasteiger partial charge on any atom is -0.435 e. The lowest BCUT2D eigenvalue weighted by molar-refractivity contribution is -0.131. The Balaban J connectivity index is 1.58. The number of carbonyl (C=O) groups excluding carboxylic acids is 1. The van der Waals surface area contributed by atoms with Gasteiger partial charge in [-0.1, -0.05) is 30.3 Å². The van der Waals surface area contributed by atoms with Crippen molar-refractivity contribution in [3.63, 3.8) is 0 Å². The first-order valence-electron chi connectivity index (χ1n) is 7.99. The molecule has 2 aromatic rings. The fraction of sp³-hybridized carbons (Fsp3) is 0.316. The summed E-state index contributed by atoms with van der Waals surface area (Å²) in [5.74, 6) is -0.517. The molecule has 0 heterocycles. The first-order valence-corrected chi connectivity index (χ1v) is 7.99. The van der Waals surface area contributed by atoms with Gasteiger partial charge in [-0.2, -0.15) is 8.78 Å². The number of hydrogen-bond acceptors (Lipinski definition) is 2. The lowest BCUT2D eigenvalue weighted by Crippen LogP contribution is -2.28. The summed E-state index contributed by atoms with van der Waals surface area (Å²) in [7, 11) is 1.68. The van der Waals surface area contributed by atoms with Crippen molar-refractivity contribution in [1.29, 1.82) is 0 Å². The summed E-state index contributed by atoms with van der Waals surface area (Å²) >= 11 is 0. The van der Waals surface area contributed by atoms with E-state index in [0.29, 0.717) is 18.5 Å². The molecule has 25 heavy (non-hydrogen) atoms. The Labute approximate surface area is 144 Å². The van der Waals surface area contributed by atoms with Gasteiger partial charge in [0.25, 0.3) is 0 Å². The van der Waals surface area contributed by atoms with E-state index >= 15 is 0 Å². The fourth-order valence-electron chi connectivity index (χ4n) is 3.00. The third-order valence-corrected chi connectivity index (χ3v) is 4.36. The summed E-state index contributed by atoms with van der Waals surface area (Å²) in [5.41, 5.74) is 1.39. The van der Waals surface area contributed by atoms with E-state index in [0.717, 1.165) is 5.56 Å². The number of alkyl halides is 2. The highest BCUT2D eigenvalue weighted by Gasteiger charge is 2.46. The number of carbonyl (C=O) groups is 1. The van der Waals surface area contributed by atoms with E-state index in [-0.39, 0.29) is 29.3 Å². The predicted octanol–water partition coefficient (Wildman–Crippen LogP) is 4.19. The van der Waals surface area contributed by atoms with Gasteiger partial charge < -0.3 is 9.64 Å². The van der Waals surface area contributed by atoms with Crippen LogP contribution in [0.1, 0.15) is 23.5 Å². The van der Waals surface area contributed by atoms with Crippen LogP contribution in [0, 0.1) is 11.7 Å². The maximum Gasteiger partial charge on any atom is 0.387 e. The third kappa shape index (κ3) is 4.13. The van der Waals surface area contributed by atoms with E-state index in [1.165, 1.54) is 18.2 Å². The number of nitrogens with zero attached hydrogens (tertiary/aromatic N) is 1. The summed E-state index contributed by atoms with van der Waals surface area (Å²) in [6, 6.07) is 12.7. The minimum atomic E-state index is -2.86. The van der Waals surface area contributed by atoms with Gasteiger partial charge in [-0.25, -0.2) is 4.39 Å². The number of hydrogen-bond donors (Lipinski definition) is 0. The lowest BCUT2D eigenvalue weighted by atomic mass is 10.1. The van der Waals surface area contributed by atoms with E-state index < -0.39 is 6.61 Å². The molecule has 1 aliphatic carbocycles. The van der Waals surface area contributed by atoms with Gasteiger partial charge in [0.05, 0.1) is 0 Å². The Bertz CT molecular complexity index is 749. The van der Waals surface area contributed by atoms with Crippen LogP contribution in [-0.4, -0.2) is 24.5 Å². The number of rotatable bonds is 6. The van der Waals surface area contributed by atoms with Crippen molar-refractivity contribution in [2.75, 3.05) is 7.05 Å². The fourth-order valence-corrected chi connectivity index (χ4v) is 3.00. The highest BCUT2D eigenvalue weighted by Crippen LogP contribution is 2.49. The predicted molar refractivity (Wildman–Crippen MR) is 86.8 cm³/mol. The summed E-state index contributed by atoms with van der Waals surface area (Å²) in [4.78, 5) is 14.1. The van der Waals surface area contributed by atoms with Crippen LogP contribution in [0.2, 0.25) is 0 Å². The second kappa shape index (κ2) is 7.17. The Morgan fingerprint density at radius 2 is 1.88 bits per heavy atom. The Kier molecular flexibility index (Phi) is 4.97. The zero-order valence-corrected chi connectivity index (χ0v) is 13.7. The molecule has 0 aliphatic heterocycles. The number of ether oxygens (including phenoxy) is 1. The molecular weight excluding hydrogens is 331 g/mol. The van der Waals surface area contributed by atoms with Gasteiger partial charge in [-0.15, -0.1) is 0 Å². The smallest absolute Gasteiger partial charge is 0.387 e. The standard InChI is InChI=1S/C19H18F3NO2/c1-23(11-12-6-8-13(9-7-12)25-19(21)22)18(24)16-10-15(16)14-4-2-3-5-17(14)20/h2-9,15-16,19H,10-11H2,1H3. The molecule has 1 saturated carbocycles. The molecule has 0 saturated heterocycles. The maximum absolute atomic E-state index is 13.8. The summed E-state index contributed by atoms with van der Waals surface area (Å²) in [6.45, 7) is -2.51. The molecule has 2 atom stereocenters. The average Bonchev–Trinajstić information content (AvgIpc) is 3.36. The van der Waals surface area contributed by atoms with E-state index in [9.17, 15) is 18.0 Å². The van der Waals surface area contributed by atoms with Crippen LogP contribution >= 0.6 is 0 Å². The van der Waals surface area contributed by atoms with Crippen LogP contribution in [0.4, 0.5) is 13.2 Å². The molecule has 2 unspecified atom stereocenters. The van der Waals surface area contributed by atoms with E-state index in [2.05, 4.69) is 4.74 Å². The molecular formula is C19H18F3NO2. The van der Waals surface area contributed by atoms with Gasteiger partial charge >= 0.3 is 6.61 Å². The van der Waals surface area contributed by atoms with Crippen LogP contribution in [0.5, 0.6) is 5.75 Å². The van der Waals surface area contributed by atoms with E-state index in [1.54, 1.807) is 42.3 Å². The first kappa shape index (κ1) is 17.3. The monoisotopic (exact) mass is 349 g/mol. The average molecular weight is 349 g/mol. The summed E-state index contributed by atoms with van der Waals surface area (Å²) < 4.78 is 42.4. The van der Waals surface area contributed by atoms with Crippen molar-refractivity contribution in [2.45, 2.75) is 25.5 Å². The molecule has 132 valence electrons. The largest absolute Gasteiger partial charge is 0.435 e. The van der Waals surface area contributed by atoms with Gasteiger partial charge in [0.1, 0.15) is 11.6 Å². The second-order valence-corrected chi connectivity index (χ2v) is 6.19. The molecule has 6 heteroatoms. The summed E-state index contributed by atoms with van der Waals surface area (Å²) in [6.07, 6.45) is 0.644. The maximum atomic E-state index is 13.8. The minimum absolute atomic E-state index is 0.0406. The van der Waals surface area contributed by atoms with E-state index in [4.69, 9.17) is 0 Å². The molecule has 3 nitrogen and oxygen atoms in total. The molecule has 0 spiro atoms. The van der Waals surface area contributed by atoms with Crippen LogP contribution in [0.25, 0.3) is 0 Å². The number of amides is 1. The lowest BCUT2D eigenvalue weighted by Gasteiger charge is -2.18. The molecule has 1 aliphatic rings. The first-order chi connectivity index (χ1) is 12.0. The molecule has 0 N–H and O–H groups in total. The van der Waals surface area contributed by atoms with Crippen molar-refractivity contribution < 1.29 is 22.7 Å².